The molecule has 1 aliphatic rings. The molecule has 22 heavy (non-hydrogen) atoms. The minimum Gasteiger partial charge on any atom is -0.497 e. The molecule has 0 aliphatic carbocycles. The van der Waals surface area contributed by atoms with Gasteiger partial charge in [0.15, 0.2) is 5.13 Å². The maximum absolute atomic E-state index is 14.0. The van der Waals surface area contributed by atoms with Gasteiger partial charge in [-0.25, -0.2) is 9.37 Å². The van der Waals surface area contributed by atoms with Gasteiger partial charge in [-0.15, -0.1) is 11.3 Å². The minimum atomic E-state index is -0.549. The highest BCUT2D eigenvalue weighted by Crippen LogP contribution is 2.21. The predicted octanol–water partition coefficient (Wildman–Crippen LogP) is 2.25. The third-order valence-electron chi connectivity index (χ3n) is 3.66. The average molecular weight is 321 g/mol. The lowest BCUT2D eigenvalue weighted by atomic mass is 10.1. The number of carbonyl (C=O) groups excluding carboxylic acids is 1. The van der Waals surface area contributed by atoms with E-state index < -0.39 is 5.82 Å². The lowest BCUT2D eigenvalue weighted by Gasteiger charge is -2.34. The molecule has 116 valence electrons. The molecule has 0 spiro atoms. The Labute approximate surface area is 131 Å². The first-order valence-electron chi connectivity index (χ1n) is 6.96. The van der Waals surface area contributed by atoms with Crippen molar-refractivity contribution in [2.24, 2.45) is 0 Å². The van der Waals surface area contributed by atoms with E-state index in [1.807, 2.05) is 5.38 Å². The molecule has 0 unspecified atom stereocenters. The quantitative estimate of drug-likeness (QED) is 0.870. The van der Waals surface area contributed by atoms with Crippen molar-refractivity contribution in [2.45, 2.75) is 0 Å². The molecule has 1 amide bonds. The van der Waals surface area contributed by atoms with Gasteiger partial charge in [-0.2, -0.15) is 0 Å². The number of ether oxygens (including phenoxy) is 1. The summed E-state index contributed by atoms with van der Waals surface area (Å²) in [7, 11) is 1.47. The number of methoxy groups -OCH3 is 1. The second-order valence-electron chi connectivity index (χ2n) is 4.94. The van der Waals surface area contributed by atoms with Crippen LogP contribution in [0.3, 0.4) is 0 Å². The van der Waals surface area contributed by atoms with Crippen molar-refractivity contribution >= 4 is 22.4 Å². The van der Waals surface area contributed by atoms with Gasteiger partial charge < -0.3 is 14.5 Å². The topological polar surface area (TPSA) is 45.7 Å². The van der Waals surface area contributed by atoms with Crippen LogP contribution in [-0.2, 0) is 0 Å². The molecule has 3 rings (SSSR count). The van der Waals surface area contributed by atoms with E-state index in [1.165, 1.54) is 19.2 Å². The maximum Gasteiger partial charge on any atom is 0.256 e. The van der Waals surface area contributed by atoms with Gasteiger partial charge in [0.1, 0.15) is 11.6 Å². The Bertz CT molecular complexity index is 655. The van der Waals surface area contributed by atoms with Crippen molar-refractivity contribution in [3.05, 3.63) is 41.2 Å². The summed E-state index contributed by atoms with van der Waals surface area (Å²) in [6.45, 7) is 2.53. The first-order chi connectivity index (χ1) is 10.7. The lowest BCUT2D eigenvalue weighted by molar-refractivity contribution is 0.0742. The molecule has 1 aromatic carbocycles. The van der Waals surface area contributed by atoms with E-state index in [0.29, 0.717) is 31.9 Å². The van der Waals surface area contributed by atoms with Gasteiger partial charge in [-0.1, -0.05) is 0 Å². The third-order valence-corrected chi connectivity index (χ3v) is 4.50. The van der Waals surface area contributed by atoms with E-state index in [2.05, 4.69) is 9.88 Å². The average Bonchev–Trinajstić information content (AvgIpc) is 3.08. The van der Waals surface area contributed by atoms with Crippen LogP contribution in [0, 0.1) is 5.82 Å². The molecule has 0 bridgehead atoms. The zero-order chi connectivity index (χ0) is 15.5. The molecule has 2 aromatic rings. The first-order valence-corrected chi connectivity index (χ1v) is 7.84. The molecule has 1 aliphatic heterocycles. The molecule has 0 N–H and O–H groups in total. The minimum absolute atomic E-state index is 0.0866. The number of anilines is 1. The van der Waals surface area contributed by atoms with Crippen molar-refractivity contribution in [1.82, 2.24) is 9.88 Å². The zero-order valence-electron chi connectivity index (χ0n) is 12.2. The van der Waals surface area contributed by atoms with Crippen LogP contribution < -0.4 is 9.64 Å². The smallest absolute Gasteiger partial charge is 0.256 e. The van der Waals surface area contributed by atoms with Crippen molar-refractivity contribution in [1.29, 1.82) is 0 Å². The van der Waals surface area contributed by atoms with Gasteiger partial charge in [0.25, 0.3) is 5.91 Å². The highest BCUT2D eigenvalue weighted by atomic mass is 32.1. The van der Waals surface area contributed by atoms with Crippen LogP contribution in [0.15, 0.2) is 29.8 Å². The summed E-state index contributed by atoms with van der Waals surface area (Å²) in [5, 5.41) is 2.89. The van der Waals surface area contributed by atoms with Crippen LogP contribution in [0.5, 0.6) is 5.75 Å². The van der Waals surface area contributed by atoms with Crippen LogP contribution in [0.25, 0.3) is 0 Å². The summed E-state index contributed by atoms with van der Waals surface area (Å²) >= 11 is 1.58. The zero-order valence-corrected chi connectivity index (χ0v) is 13.0. The highest BCUT2D eigenvalue weighted by Gasteiger charge is 2.25. The predicted molar refractivity (Wildman–Crippen MR) is 83.2 cm³/mol. The Balaban J connectivity index is 1.67. The normalized spacial score (nSPS) is 15.0. The van der Waals surface area contributed by atoms with E-state index in [0.717, 1.165) is 5.13 Å². The summed E-state index contributed by atoms with van der Waals surface area (Å²) < 4.78 is 18.9. The SMILES string of the molecule is COc1ccc(C(=O)N2CCN(c3nccs3)CC2)c(F)c1. The Morgan fingerprint density at radius 3 is 2.68 bits per heavy atom. The van der Waals surface area contributed by atoms with Crippen molar-refractivity contribution in [3.8, 4) is 5.75 Å². The standard InChI is InChI=1S/C15H16FN3O2S/c1-21-11-2-3-12(13(16)10-11)14(20)18-5-7-19(8-6-18)15-17-4-9-22-15/h2-4,9-10H,5-8H2,1H3. The molecule has 1 saturated heterocycles. The number of amides is 1. The van der Waals surface area contributed by atoms with Crippen LogP contribution in [0.2, 0.25) is 0 Å². The molecule has 5 nitrogen and oxygen atoms in total. The number of halogens is 1. The second-order valence-corrected chi connectivity index (χ2v) is 5.81. The number of piperazine rings is 1. The molecule has 0 atom stereocenters. The fourth-order valence-corrected chi connectivity index (χ4v) is 3.14. The fourth-order valence-electron chi connectivity index (χ4n) is 2.44. The van der Waals surface area contributed by atoms with Crippen LogP contribution in [-0.4, -0.2) is 49.1 Å². The number of carbonyl (C=O) groups is 1. The van der Waals surface area contributed by atoms with E-state index in [-0.39, 0.29) is 11.5 Å². The fraction of sp³-hybridized carbons (Fsp3) is 0.333. The van der Waals surface area contributed by atoms with Gasteiger partial charge >= 0.3 is 0 Å². The molecule has 0 saturated carbocycles. The highest BCUT2D eigenvalue weighted by molar-refractivity contribution is 7.13. The molecule has 7 heteroatoms. The van der Waals surface area contributed by atoms with Gasteiger partial charge in [0, 0.05) is 43.8 Å². The van der Waals surface area contributed by atoms with Crippen molar-refractivity contribution in [2.75, 3.05) is 38.2 Å². The summed E-state index contributed by atoms with van der Waals surface area (Å²) in [5.41, 5.74) is 0.0866. The van der Waals surface area contributed by atoms with Crippen LogP contribution in [0.4, 0.5) is 9.52 Å². The maximum atomic E-state index is 14.0. The van der Waals surface area contributed by atoms with Gasteiger partial charge in [-0.3, -0.25) is 4.79 Å². The molecule has 2 heterocycles. The summed E-state index contributed by atoms with van der Waals surface area (Å²) in [5.74, 6) is -0.423. The number of thiazole rings is 1. The van der Waals surface area contributed by atoms with Gasteiger partial charge in [-0.05, 0) is 12.1 Å². The van der Waals surface area contributed by atoms with E-state index in [4.69, 9.17) is 4.74 Å². The molecular weight excluding hydrogens is 305 g/mol. The summed E-state index contributed by atoms with van der Waals surface area (Å²) in [6, 6.07) is 4.31. The van der Waals surface area contributed by atoms with E-state index >= 15 is 0 Å². The van der Waals surface area contributed by atoms with E-state index in [1.54, 1.807) is 28.5 Å². The van der Waals surface area contributed by atoms with Crippen LogP contribution >= 0.6 is 11.3 Å². The summed E-state index contributed by atoms with van der Waals surface area (Å²) in [6.07, 6.45) is 1.77. The Morgan fingerprint density at radius 2 is 2.09 bits per heavy atom. The third kappa shape index (κ3) is 2.89. The van der Waals surface area contributed by atoms with Crippen LogP contribution in [0.1, 0.15) is 10.4 Å². The van der Waals surface area contributed by atoms with Gasteiger partial charge in [0.2, 0.25) is 0 Å². The summed E-state index contributed by atoms with van der Waals surface area (Å²) in [4.78, 5) is 20.5. The van der Waals surface area contributed by atoms with Crippen molar-refractivity contribution < 1.29 is 13.9 Å². The number of aromatic nitrogens is 1. The number of nitrogens with zero attached hydrogens (tertiary/aromatic N) is 3. The number of rotatable bonds is 3. The van der Waals surface area contributed by atoms with E-state index in [9.17, 15) is 9.18 Å². The second kappa shape index (κ2) is 6.31. The number of hydrogen-bond donors (Lipinski definition) is 0. The van der Waals surface area contributed by atoms with Crippen molar-refractivity contribution in [3.63, 3.8) is 0 Å². The largest absolute Gasteiger partial charge is 0.497 e. The van der Waals surface area contributed by atoms with Gasteiger partial charge in [0.05, 0.1) is 12.7 Å². The first kappa shape index (κ1) is 14.8. The molecule has 1 fully saturated rings. The molecule has 1 aromatic heterocycles. The Hall–Kier alpha value is -2.15. The number of benzene rings is 1. The molecule has 0 radical (unpaired) electrons. The Morgan fingerprint density at radius 1 is 1.32 bits per heavy atom. The lowest BCUT2D eigenvalue weighted by Crippen LogP contribution is -2.49. The monoisotopic (exact) mass is 321 g/mol. The number of hydrogen-bond acceptors (Lipinski definition) is 5. The molecular formula is C15H16FN3O2S. The Kier molecular flexibility index (Phi) is 4.24.